The highest BCUT2D eigenvalue weighted by Crippen LogP contribution is 2.35. The fourth-order valence-electron chi connectivity index (χ4n) is 4.60. The van der Waals surface area contributed by atoms with Gasteiger partial charge in [-0.2, -0.15) is 5.10 Å². The first-order valence-corrected chi connectivity index (χ1v) is 12.5. The summed E-state index contributed by atoms with van der Waals surface area (Å²) in [5.74, 6) is 1.18. The summed E-state index contributed by atoms with van der Waals surface area (Å²) in [5, 5.41) is 5.61. The lowest BCUT2D eigenvalue weighted by Gasteiger charge is -2.32. The van der Waals surface area contributed by atoms with Crippen LogP contribution in [0.15, 0.2) is 67.0 Å². The maximum atomic E-state index is 13.2. The van der Waals surface area contributed by atoms with E-state index in [0.29, 0.717) is 53.7 Å². The minimum Gasteiger partial charge on any atom is -0.457 e. The first-order valence-electron chi connectivity index (χ1n) is 12.5. The monoisotopic (exact) mass is 515 g/mol. The van der Waals surface area contributed by atoms with Crippen molar-refractivity contribution in [1.82, 2.24) is 29.5 Å². The zero-order valence-electron chi connectivity index (χ0n) is 21.4. The minimum atomic E-state index is -0.318. The molecule has 38 heavy (non-hydrogen) atoms. The average molecular weight is 516 g/mol. The molecular formula is C28H30FN7O2. The lowest BCUT2D eigenvalue weighted by molar-refractivity contribution is -0.127. The normalized spacial score (nSPS) is 16.0. The number of carbonyl (C=O) groups excluding carboxylic acids is 1. The highest BCUT2D eigenvalue weighted by atomic mass is 19.1. The number of nitrogens with zero attached hydrogens (tertiary/aromatic N) is 6. The van der Waals surface area contributed by atoms with Crippen molar-refractivity contribution in [2.24, 2.45) is 0 Å². The van der Waals surface area contributed by atoms with E-state index in [-0.39, 0.29) is 17.8 Å². The molecule has 1 atom stereocenters. The van der Waals surface area contributed by atoms with Gasteiger partial charge in [0.2, 0.25) is 5.91 Å². The molecule has 2 aromatic carbocycles. The maximum Gasteiger partial charge on any atom is 0.246 e. The molecule has 10 heteroatoms. The Morgan fingerprint density at radius 1 is 1.13 bits per heavy atom. The quantitative estimate of drug-likeness (QED) is 0.366. The van der Waals surface area contributed by atoms with Crippen molar-refractivity contribution in [1.29, 1.82) is 0 Å². The fourth-order valence-corrected chi connectivity index (χ4v) is 4.60. The van der Waals surface area contributed by atoms with E-state index in [1.165, 1.54) is 18.5 Å². The number of carbonyl (C=O) groups is 1. The zero-order chi connectivity index (χ0) is 26.6. The maximum absolute atomic E-state index is 13.2. The van der Waals surface area contributed by atoms with Gasteiger partial charge in [-0.1, -0.05) is 6.08 Å². The van der Waals surface area contributed by atoms with E-state index in [1.807, 2.05) is 58.9 Å². The van der Waals surface area contributed by atoms with Gasteiger partial charge >= 0.3 is 0 Å². The van der Waals surface area contributed by atoms with Crippen LogP contribution in [0.1, 0.15) is 18.9 Å². The summed E-state index contributed by atoms with van der Waals surface area (Å²) >= 11 is 0. The molecule has 196 valence electrons. The van der Waals surface area contributed by atoms with Crippen molar-refractivity contribution in [3.63, 3.8) is 0 Å². The summed E-state index contributed by atoms with van der Waals surface area (Å²) in [6.45, 7) is 1.95. The molecule has 1 aliphatic rings. The number of benzene rings is 2. The summed E-state index contributed by atoms with van der Waals surface area (Å²) in [6, 6.07) is 13.3. The molecule has 1 fully saturated rings. The second kappa shape index (κ2) is 11.0. The predicted octanol–water partition coefficient (Wildman–Crippen LogP) is 4.29. The van der Waals surface area contributed by atoms with Crippen molar-refractivity contribution in [2.45, 2.75) is 18.9 Å². The first kappa shape index (κ1) is 25.3. The number of nitrogen functional groups attached to an aromatic ring is 1. The Kier molecular flexibility index (Phi) is 7.32. The molecule has 4 aromatic rings. The van der Waals surface area contributed by atoms with Crippen LogP contribution in [0.2, 0.25) is 0 Å². The third kappa shape index (κ3) is 5.50. The Hall–Kier alpha value is -4.31. The van der Waals surface area contributed by atoms with E-state index in [4.69, 9.17) is 15.6 Å². The molecule has 0 radical (unpaired) electrons. The van der Waals surface area contributed by atoms with E-state index in [9.17, 15) is 9.18 Å². The van der Waals surface area contributed by atoms with E-state index in [1.54, 1.807) is 18.2 Å². The van der Waals surface area contributed by atoms with Crippen LogP contribution >= 0.6 is 0 Å². The van der Waals surface area contributed by atoms with Gasteiger partial charge < -0.3 is 20.3 Å². The number of ether oxygens (including phenoxy) is 1. The molecule has 0 bridgehead atoms. The third-order valence-electron chi connectivity index (χ3n) is 6.48. The van der Waals surface area contributed by atoms with Crippen LogP contribution in [0.25, 0.3) is 22.3 Å². The largest absolute Gasteiger partial charge is 0.457 e. The number of likely N-dealkylation sites (tertiary alicyclic amines) is 1. The van der Waals surface area contributed by atoms with Gasteiger partial charge in [-0.3, -0.25) is 4.79 Å². The van der Waals surface area contributed by atoms with Crippen LogP contribution in [0.3, 0.4) is 0 Å². The Morgan fingerprint density at radius 2 is 1.84 bits per heavy atom. The van der Waals surface area contributed by atoms with E-state index < -0.39 is 0 Å². The van der Waals surface area contributed by atoms with Crippen molar-refractivity contribution in [3.8, 4) is 22.8 Å². The number of halogens is 1. The number of hydrogen-bond donors (Lipinski definition) is 1. The van der Waals surface area contributed by atoms with E-state index in [2.05, 4.69) is 9.97 Å². The molecule has 9 nitrogen and oxygen atoms in total. The van der Waals surface area contributed by atoms with Gasteiger partial charge in [-0.25, -0.2) is 19.0 Å². The molecule has 5 rings (SSSR count). The molecule has 0 aliphatic carbocycles. The summed E-state index contributed by atoms with van der Waals surface area (Å²) < 4.78 is 20.9. The van der Waals surface area contributed by atoms with Crippen molar-refractivity contribution < 1.29 is 13.9 Å². The smallest absolute Gasteiger partial charge is 0.246 e. The topological polar surface area (TPSA) is 102 Å². The third-order valence-corrected chi connectivity index (χ3v) is 6.48. The number of piperidine rings is 1. The molecule has 3 heterocycles. The van der Waals surface area contributed by atoms with Crippen molar-refractivity contribution >= 4 is 22.8 Å². The summed E-state index contributed by atoms with van der Waals surface area (Å²) in [4.78, 5) is 25.4. The minimum absolute atomic E-state index is 0.000817. The van der Waals surface area contributed by atoms with Crippen LogP contribution < -0.4 is 10.5 Å². The molecule has 1 unspecified atom stereocenters. The lowest BCUT2D eigenvalue weighted by Crippen LogP contribution is -2.40. The van der Waals surface area contributed by atoms with Crippen molar-refractivity contribution in [3.05, 3.63) is 72.8 Å². The van der Waals surface area contributed by atoms with Crippen LogP contribution in [-0.2, 0) is 4.79 Å². The van der Waals surface area contributed by atoms with Crippen LogP contribution in [0.5, 0.6) is 11.5 Å². The highest BCUT2D eigenvalue weighted by Gasteiger charge is 2.28. The van der Waals surface area contributed by atoms with Gasteiger partial charge in [0.05, 0.1) is 11.4 Å². The number of amides is 1. The predicted molar refractivity (Wildman–Crippen MR) is 144 cm³/mol. The first-order chi connectivity index (χ1) is 18.4. The molecule has 2 N–H and O–H groups in total. The molecule has 0 saturated carbocycles. The zero-order valence-corrected chi connectivity index (χ0v) is 21.4. The number of rotatable bonds is 7. The van der Waals surface area contributed by atoms with Crippen LogP contribution in [0.4, 0.5) is 10.2 Å². The molecular weight excluding hydrogens is 485 g/mol. The average Bonchev–Trinajstić information content (AvgIpc) is 3.31. The van der Waals surface area contributed by atoms with Gasteiger partial charge in [-0.05, 0) is 75.5 Å². The Labute approximate surface area is 220 Å². The fraction of sp³-hybridized carbons (Fsp3) is 0.286. The van der Waals surface area contributed by atoms with Gasteiger partial charge in [0.1, 0.15) is 35.2 Å². The SMILES string of the molecule is CN(C)CC=CC(=O)N1CCCC(n2nc(-c3ccc(Oc4ccc(F)cc4)cc3)c3c(N)ncnc32)C1. The Bertz CT molecular complexity index is 1450. The number of nitrogens with two attached hydrogens (primary N) is 1. The summed E-state index contributed by atoms with van der Waals surface area (Å²) in [6.07, 6.45) is 6.70. The van der Waals surface area contributed by atoms with Crippen LogP contribution in [-0.4, -0.2) is 69.2 Å². The standard InChI is InChI=1S/C28H30FN7O2/c1-34(2)15-4-6-24(37)35-16-3-5-21(17-35)36-28-25(27(30)31-18-32-28)26(33-36)19-7-11-22(12-8-19)38-23-13-9-20(29)10-14-23/h4,6-14,18,21H,3,5,15-17H2,1-2H3,(H2,30,31,32). The van der Waals surface area contributed by atoms with Gasteiger partial charge in [-0.15, -0.1) is 0 Å². The van der Waals surface area contributed by atoms with Crippen LogP contribution in [0, 0.1) is 5.82 Å². The molecule has 1 saturated heterocycles. The highest BCUT2D eigenvalue weighted by molar-refractivity contribution is 5.98. The number of aromatic nitrogens is 4. The second-order valence-electron chi connectivity index (χ2n) is 9.58. The number of anilines is 1. The number of fused-ring (bicyclic) bond motifs is 1. The molecule has 0 spiro atoms. The van der Waals surface area contributed by atoms with Crippen molar-refractivity contribution in [2.75, 3.05) is 39.5 Å². The molecule has 2 aromatic heterocycles. The molecule has 1 amide bonds. The van der Waals surface area contributed by atoms with Gasteiger partial charge in [0.25, 0.3) is 0 Å². The Balaban J connectivity index is 1.41. The number of hydrogen-bond acceptors (Lipinski definition) is 7. The lowest BCUT2D eigenvalue weighted by atomic mass is 10.1. The number of likely N-dealkylation sites (N-methyl/N-ethyl adjacent to an activating group) is 1. The molecule has 1 aliphatic heterocycles. The Morgan fingerprint density at radius 3 is 2.55 bits per heavy atom. The van der Waals surface area contributed by atoms with Gasteiger partial charge in [0.15, 0.2) is 5.65 Å². The van der Waals surface area contributed by atoms with E-state index in [0.717, 1.165) is 18.4 Å². The summed E-state index contributed by atoms with van der Waals surface area (Å²) in [5.41, 5.74) is 8.44. The second-order valence-corrected chi connectivity index (χ2v) is 9.58. The van der Waals surface area contributed by atoms with Gasteiger partial charge in [0, 0.05) is 31.3 Å². The van der Waals surface area contributed by atoms with E-state index >= 15 is 0 Å². The summed E-state index contributed by atoms with van der Waals surface area (Å²) in [7, 11) is 3.93.